The number of nitrogens with zero attached hydrogens (tertiary/aromatic N) is 4. The standard InChI is InChI=1S/C27H34N6O6S/c34-22-20(13-38-27(40)32-18-7-4-8-19(18)37-11-16-5-2-1-3-6-16)39-26(23(22)35)33-15-30-21-24(28-14-29-25(21)33)31-17-9-10-36-12-17/h1-3,5-6,14-15,17-20,22-23,26,34-35H,4,7-13H2,(H,32,40)(H,28,29,31)/t17-,18+,19?,20?,22-,23-,26?/m1/s1. The Bertz CT molecular complexity index is 1290. The van der Waals surface area contributed by atoms with Crippen molar-refractivity contribution in [2.24, 2.45) is 0 Å². The van der Waals surface area contributed by atoms with Crippen LogP contribution in [0, 0.1) is 0 Å². The van der Waals surface area contributed by atoms with Gasteiger partial charge in [0, 0.05) is 6.61 Å². The molecule has 13 heteroatoms. The van der Waals surface area contributed by atoms with Gasteiger partial charge in [-0.25, -0.2) is 15.0 Å². The van der Waals surface area contributed by atoms with Gasteiger partial charge >= 0.3 is 0 Å². The monoisotopic (exact) mass is 570 g/mol. The number of ether oxygens (including phenoxy) is 4. The van der Waals surface area contributed by atoms with E-state index in [-0.39, 0.29) is 30.0 Å². The lowest BCUT2D eigenvalue weighted by molar-refractivity contribution is -0.0494. The average Bonchev–Trinajstić information content (AvgIpc) is 3.77. The van der Waals surface area contributed by atoms with Crippen LogP contribution in [0.1, 0.15) is 37.5 Å². The number of anilines is 1. The number of fused-ring (bicyclic) bond motifs is 1. The van der Waals surface area contributed by atoms with Gasteiger partial charge in [-0.3, -0.25) is 4.57 Å². The van der Waals surface area contributed by atoms with Crippen molar-refractivity contribution >= 4 is 34.4 Å². The molecule has 4 heterocycles. The molecular weight excluding hydrogens is 536 g/mol. The molecule has 3 aromatic rings. The van der Waals surface area contributed by atoms with E-state index in [1.807, 2.05) is 30.3 Å². The van der Waals surface area contributed by atoms with E-state index in [2.05, 4.69) is 25.6 Å². The zero-order valence-corrected chi connectivity index (χ0v) is 22.8. The predicted molar refractivity (Wildman–Crippen MR) is 148 cm³/mol. The first-order valence-electron chi connectivity index (χ1n) is 13.7. The van der Waals surface area contributed by atoms with Crippen LogP contribution in [0.2, 0.25) is 0 Å². The zero-order chi connectivity index (χ0) is 27.5. The van der Waals surface area contributed by atoms with Gasteiger partial charge in [-0.1, -0.05) is 30.3 Å². The lowest BCUT2D eigenvalue weighted by Gasteiger charge is -2.23. The summed E-state index contributed by atoms with van der Waals surface area (Å²) < 4.78 is 25.0. The fourth-order valence-electron chi connectivity index (χ4n) is 5.50. The van der Waals surface area contributed by atoms with E-state index in [9.17, 15) is 10.2 Å². The number of nitrogens with one attached hydrogen (secondary N) is 2. The van der Waals surface area contributed by atoms with E-state index < -0.39 is 24.5 Å². The molecule has 1 aromatic carbocycles. The van der Waals surface area contributed by atoms with Crippen LogP contribution >= 0.6 is 12.2 Å². The van der Waals surface area contributed by atoms with Crippen LogP contribution in [0.4, 0.5) is 5.82 Å². The second kappa shape index (κ2) is 12.3. The van der Waals surface area contributed by atoms with E-state index in [0.29, 0.717) is 36.8 Å². The van der Waals surface area contributed by atoms with Gasteiger partial charge in [-0.05, 0) is 43.5 Å². The van der Waals surface area contributed by atoms with E-state index in [0.717, 1.165) is 31.2 Å². The van der Waals surface area contributed by atoms with Crippen molar-refractivity contribution in [3.63, 3.8) is 0 Å². The molecule has 1 aliphatic carbocycles. The molecule has 6 rings (SSSR count). The fraction of sp³-hybridized carbons (Fsp3) is 0.556. The second-order valence-corrected chi connectivity index (χ2v) is 10.8. The molecule has 4 N–H and O–H groups in total. The molecule has 3 fully saturated rings. The molecule has 1 saturated carbocycles. The summed E-state index contributed by atoms with van der Waals surface area (Å²) in [5.74, 6) is 0.585. The number of aliphatic hydroxyl groups is 2. The Morgan fingerprint density at radius 2 is 1.98 bits per heavy atom. The molecule has 2 aromatic heterocycles. The van der Waals surface area contributed by atoms with E-state index >= 15 is 0 Å². The van der Waals surface area contributed by atoms with Gasteiger partial charge in [-0.15, -0.1) is 0 Å². The quantitative estimate of drug-likeness (QED) is 0.278. The molecule has 2 saturated heterocycles. The number of aromatic nitrogens is 4. The van der Waals surface area contributed by atoms with Gasteiger partial charge in [0.2, 0.25) is 0 Å². The summed E-state index contributed by atoms with van der Waals surface area (Å²) in [7, 11) is 0. The third kappa shape index (κ3) is 5.90. The lowest BCUT2D eigenvalue weighted by Crippen LogP contribution is -2.42. The summed E-state index contributed by atoms with van der Waals surface area (Å²) in [6.45, 7) is 1.81. The van der Waals surface area contributed by atoms with Gasteiger partial charge < -0.3 is 39.8 Å². The minimum atomic E-state index is -1.22. The summed E-state index contributed by atoms with van der Waals surface area (Å²) >= 11 is 5.43. The molecule has 0 bridgehead atoms. The number of hydrogen-bond acceptors (Lipinski definition) is 11. The predicted octanol–water partition coefficient (Wildman–Crippen LogP) is 1.68. The first-order valence-corrected chi connectivity index (χ1v) is 14.1. The van der Waals surface area contributed by atoms with Crippen LogP contribution in [0.3, 0.4) is 0 Å². The third-order valence-electron chi connectivity index (χ3n) is 7.68. The molecule has 3 unspecified atom stereocenters. The Hall–Kier alpha value is -2.94. The van der Waals surface area contributed by atoms with Crippen LogP contribution in [0.15, 0.2) is 43.0 Å². The first-order chi connectivity index (χ1) is 19.6. The molecule has 40 heavy (non-hydrogen) atoms. The second-order valence-electron chi connectivity index (χ2n) is 10.4. The molecule has 0 spiro atoms. The minimum absolute atomic E-state index is 0.0263. The lowest BCUT2D eigenvalue weighted by atomic mass is 10.1. The maximum absolute atomic E-state index is 10.8. The largest absolute Gasteiger partial charge is 0.468 e. The van der Waals surface area contributed by atoms with Crippen LogP contribution in [0.5, 0.6) is 0 Å². The summed E-state index contributed by atoms with van der Waals surface area (Å²) in [4.78, 5) is 13.1. The Morgan fingerprint density at radius 3 is 2.80 bits per heavy atom. The highest BCUT2D eigenvalue weighted by Crippen LogP contribution is 2.33. The summed E-state index contributed by atoms with van der Waals surface area (Å²) in [5.41, 5.74) is 2.15. The molecule has 2 aliphatic heterocycles. The topological polar surface area (TPSA) is 145 Å². The van der Waals surface area contributed by atoms with Crippen molar-refractivity contribution in [1.29, 1.82) is 0 Å². The van der Waals surface area contributed by atoms with Gasteiger partial charge in [0.15, 0.2) is 23.2 Å². The molecule has 214 valence electrons. The van der Waals surface area contributed by atoms with Crippen molar-refractivity contribution < 1.29 is 29.2 Å². The number of thiocarbonyl (C=S) groups is 1. The highest BCUT2D eigenvalue weighted by molar-refractivity contribution is 7.80. The summed E-state index contributed by atoms with van der Waals surface area (Å²) in [6.07, 6.45) is 2.66. The van der Waals surface area contributed by atoms with Gasteiger partial charge in [-0.2, -0.15) is 0 Å². The summed E-state index contributed by atoms with van der Waals surface area (Å²) in [6, 6.07) is 10.3. The van der Waals surface area contributed by atoms with E-state index in [4.69, 9.17) is 31.2 Å². The number of hydrogen-bond donors (Lipinski definition) is 4. The van der Waals surface area contributed by atoms with Crippen LogP contribution in [0.25, 0.3) is 11.2 Å². The van der Waals surface area contributed by atoms with Crippen molar-refractivity contribution in [1.82, 2.24) is 24.8 Å². The van der Waals surface area contributed by atoms with Gasteiger partial charge in [0.25, 0.3) is 5.17 Å². The Morgan fingerprint density at radius 1 is 1.10 bits per heavy atom. The molecule has 12 nitrogen and oxygen atoms in total. The molecular formula is C27H34N6O6S. The highest BCUT2D eigenvalue weighted by atomic mass is 32.1. The fourth-order valence-corrected chi connectivity index (χ4v) is 5.72. The van der Waals surface area contributed by atoms with Crippen molar-refractivity contribution in [3.8, 4) is 0 Å². The number of benzene rings is 1. The Kier molecular flexibility index (Phi) is 8.37. The maximum atomic E-state index is 10.8. The highest BCUT2D eigenvalue weighted by Gasteiger charge is 2.45. The molecule has 7 atom stereocenters. The van der Waals surface area contributed by atoms with Crippen molar-refractivity contribution in [2.45, 2.75) is 75.0 Å². The van der Waals surface area contributed by atoms with Gasteiger partial charge in [0.05, 0.1) is 37.7 Å². The van der Waals surface area contributed by atoms with Crippen molar-refractivity contribution in [2.75, 3.05) is 25.1 Å². The zero-order valence-electron chi connectivity index (χ0n) is 22.0. The number of rotatable bonds is 9. The third-order valence-corrected chi connectivity index (χ3v) is 7.92. The first kappa shape index (κ1) is 27.2. The van der Waals surface area contributed by atoms with Gasteiger partial charge in [0.1, 0.15) is 31.2 Å². The average molecular weight is 571 g/mol. The molecule has 0 radical (unpaired) electrons. The normalized spacial score (nSPS) is 30.1. The van der Waals surface area contributed by atoms with Crippen LogP contribution < -0.4 is 10.6 Å². The van der Waals surface area contributed by atoms with E-state index in [1.165, 1.54) is 12.7 Å². The SMILES string of the molecule is O[C@@H]1C(COC(=S)N[C@H]2CCCC2OCc2ccccc2)OC(n2cnc3c(N[C@@H]4CCOC4)ncnc32)[C@@H]1O. The Balaban J connectivity index is 1.03. The minimum Gasteiger partial charge on any atom is -0.468 e. The van der Waals surface area contributed by atoms with Crippen LogP contribution in [-0.2, 0) is 25.6 Å². The van der Waals surface area contributed by atoms with Crippen molar-refractivity contribution in [3.05, 3.63) is 48.5 Å². The molecule has 0 amide bonds. The van der Waals surface area contributed by atoms with Crippen LogP contribution in [-0.4, -0.2) is 91.2 Å². The summed E-state index contributed by atoms with van der Waals surface area (Å²) in [5, 5.41) is 28.4. The molecule has 3 aliphatic rings. The van der Waals surface area contributed by atoms with E-state index in [1.54, 1.807) is 4.57 Å². The maximum Gasteiger partial charge on any atom is 0.257 e. The number of aliphatic hydroxyl groups excluding tert-OH is 2. The number of imidazole rings is 1. The smallest absolute Gasteiger partial charge is 0.257 e. The Labute approximate surface area is 237 Å².